The Bertz CT molecular complexity index is 605. The van der Waals surface area contributed by atoms with Crippen LogP contribution in [0.1, 0.15) is 30.8 Å². The van der Waals surface area contributed by atoms with E-state index in [2.05, 4.69) is 26.8 Å². The zero-order chi connectivity index (χ0) is 17.0. The summed E-state index contributed by atoms with van der Waals surface area (Å²) >= 11 is 0. The number of hydrogen-bond donors (Lipinski definition) is 0. The highest BCUT2D eigenvalue weighted by Gasteiger charge is 2.23. The van der Waals surface area contributed by atoms with Gasteiger partial charge in [-0.15, -0.1) is 0 Å². The van der Waals surface area contributed by atoms with Crippen LogP contribution < -0.4 is 4.90 Å². The highest BCUT2D eigenvalue weighted by atomic mass is 32.2. The highest BCUT2D eigenvalue weighted by molar-refractivity contribution is 7.90. The van der Waals surface area contributed by atoms with Gasteiger partial charge in [0.15, 0.2) is 0 Å². The molecule has 0 atom stereocenters. The molecular weight excluding hydrogens is 312 g/mol. The van der Waals surface area contributed by atoms with E-state index in [0.717, 1.165) is 49.8 Å². The van der Waals surface area contributed by atoms with Gasteiger partial charge in [0, 0.05) is 37.1 Å². The quantitative estimate of drug-likeness (QED) is 0.780. The summed E-state index contributed by atoms with van der Waals surface area (Å²) in [4.78, 5) is 13.5. The van der Waals surface area contributed by atoms with Crippen LogP contribution in [0.5, 0.6) is 0 Å². The van der Waals surface area contributed by atoms with Crippen molar-refractivity contribution in [2.24, 2.45) is 0 Å². The smallest absolute Gasteiger partial charge is 0.147 e. The summed E-state index contributed by atoms with van der Waals surface area (Å²) in [6.07, 6.45) is 4.17. The van der Waals surface area contributed by atoms with Crippen molar-refractivity contribution in [1.29, 1.82) is 0 Å². The van der Waals surface area contributed by atoms with E-state index < -0.39 is 9.84 Å². The maximum absolute atomic E-state index is 11.2. The van der Waals surface area contributed by atoms with Crippen molar-refractivity contribution >= 4 is 15.7 Å². The fraction of sp³-hybridized carbons (Fsp3) is 0.750. The Hall–Kier alpha value is -1.21. The maximum atomic E-state index is 11.2. The number of rotatable bonds is 6. The Kier molecular flexibility index (Phi) is 5.97. The largest absolute Gasteiger partial charge is 0.356 e. The topological polar surface area (TPSA) is 66.4 Å². The Morgan fingerprint density at radius 3 is 2.48 bits per heavy atom. The predicted octanol–water partition coefficient (Wildman–Crippen LogP) is 1.43. The monoisotopic (exact) mass is 340 g/mol. The lowest BCUT2D eigenvalue weighted by atomic mass is 10.0. The maximum Gasteiger partial charge on any atom is 0.147 e. The molecule has 1 saturated heterocycles. The van der Waals surface area contributed by atoms with Gasteiger partial charge in [-0.25, -0.2) is 18.4 Å². The predicted molar refractivity (Wildman–Crippen MR) is 93.7 cm³/mol. The summed E-state index contributed by atoms with van der Waals surface area (Å²) in [5.74, 6) is 2.11. The van der Waals surface area contributed by atoms with Gasteiger partial charge in [0.2, 0.25) is 0 Å². The molecule has 2 heterocycles. The second-order valence-electron chi connectivity index (χ2n) is 6.60. The van der Waals surface area contributed by atoms with Crippen LogP contribution in [-0.2, 0) is 9.84 Å². The van der Waals surface area contributed by atoms with E-state index in [1.54, 1.807) is 0 Å². The van der Waals surface area contributed by atoms with Gasteiger partial charge in [0.05, 0.1) is 5.75 Å². The van der Waals surface area contributed by atoms with Crippen LogP contribution in [0.4, 0.5) is 5.82 Å². The number of nitrogens with zero attached hydrogens (tertiary/aromatic N) is 4. The van der Waals surface area contributed by atoms with Crippen molar-refractivity contribution in [3.63, 3.8) is 0 Å². The van der Waals surface area contributed by atoms with E-state index in [0.29, 0.717) is 12.5 Å². The molecular formula is C16H28N4O2S. The minimum Gasteiger partial charge on any atom is -0.356 e. The minimum atomic E-state index is -2.85. The molecule has 130 valence electrons. The van der Waals surface area contributed by atoms with E-state index in [1.807, 2.05) is 19.9 Å². The molecule has 1 aromatic rings. The number of anilines is 1. The second kappa shape index (κ2) is 7.57. The van der Waals surface area contributed by atoms with Crippen LogP contribution in [0.25, 0.3) is 0 Å². The van der Waals surface area contributed by atoms with Crippen molar-refractivity contribution in [1.82, 2.24) is 14.9 Å². The van der Waals surface area contributed by atoms with E-state index in [1.165, 1.54) is 6.26 Å². The van der Waals surface area contributed by atoms with Crippen molar-refractivity contribution in [2.75, 3.05) is 43.6 Å². The molecule has 2 rings (SSSR count). The Labute approximate surface area is 139 Å². The van der Waals surface area contributed by atoms with Gasteiger partial charge in [-0.05, 0) is 46.7 Å². The van der Waals surface area contributed by atoms with E-state index in [4.69, 9.17) is 0 Å². The van der Waals surface area contributed by atoms with Gasteiger partial charge >= 0.3 is 0 Å². The van der Waals surface area contributed by atoms with Gasteiger partial charge in [-0.3, -0.25) is 0 Å². The third-order valence-corrected chi connectivity index (χ3v) is 5.42. The van der Waals surface area contributed by atoms with Crippen LogP contribution >= 0.6 is 0 Å². The average molecular weight is 340 g/mol. The van der Waals surface area contributed by atoms with Gasteiger partial charge < -0.3 is 9.80 Å². The molecule has 0 unspecified atom stereocenters. The highest BCUT2D eigenvalue weighted by Crippen LogP contribution is 2.21. The average Bonchev–Trinajstić information content (AvgIpc) is 2.45. The van der Waals surface area contributed by atoms with E-state index in [9.17, 15) is 8.42 Å². The lowest BCUT2D eigenvalue weighted by Crippen LogP contribution is -2.44. The van der Waals surface area contributed by atoms with E-state index in [-0.39, 0.29) is 5.75 Å². The van der Waals surface area contributed by atoms with Crippen LogP contribution in [0.2, 0.25) is 0 Å². The van der Waals surface area contributed by atoms with Crippen LogP contribution in [0, 0.1) is 13.8 Å². The van der Waals surface area contributed by atoms with Crippen molar-refractivity contribution < 1.29 is 8.42 Å². The lowest BCUT2D eigenvalue weighted by molar-refractivity contribution is 0.208. The van der Waals surface area contributed by atoms with Crippen molar-refractivity contribution in [3.8, 4) is 0 Å². The Balaban J connectivity index is 1.83. The molecule has 1 aliphatic rings. The molecule has 0 spiro atoms. The van der Waals surface area contributed by atoms with Crippen molar-refractivity contribution in [2.45, 2.75) is 39.2 Å². The van der Waals surface area contributed by atoms with Gasteiger partial charge in [-0.1, -0.05) is 0 Å². The molecule has 0 aliphatic carbocycles. The van der Waals surface area contributed by atoms with E-state index >= 15 is 0 Å². The molecule has 0 bridgehead atoms. The molecule has 0 saturated carbocycles. The third-order valence-electron chi connectivity index (χ3n) is 4.39. The fourth-order valence-electron chi connectivity index (χ4n) is 3.15. The van der Waals surface area contributed by atoms with Gasteiger partial charge in [-0.2, -0.15) is 0 Å². The number of sulfone groups is 1. The third kappa shape index (κ3) is 5.73. The second-order valence-corrected chi connectivity index (χ2v) is 8.86. The van der Waals surface area contributed by atoms with Crippen molar-refractivity contribution in [3.05, 3.63) is 17.6 Å². The molecule has 0 N–H and O–H groups in total. The molecule has 0 radical (unpaired) electrons. The number of aromatic nitrogens is 2. The first-order chi connectivity index (χ1) is 10.7. The summed E-state index contributed by atoms with van der Waals surface area (Å²) in [5.41, 5.74) is 1.01. The number of hydrogen-bond acceptors (Lipinski definition) is 6. The molecule has 1 fully saturated rings. The van der Waals surface area contributed by atoms with Crippen LogP contribution in [0.15, 0.2) is 6.07 Å². The summed E-state index contributed by atoms with van der Waals surface area (Å²) in [6.45, 7) is 6.73. The SMILES string of the molecule is Cc1cc(N2CCC(N(C)CCCS(C)(=O)=O)CC2)nc(C)n1. The molecule has 1 aromatic heterocycles. The zero-order valence-corrected chi connectivity index (χ0v) is 15.4. The number of aryl methyl sites for hydroxylation is 2. The minimum absolute atomic E-state index is 0.273. The molecule has 0 amide bonds. The van der Waals surface area contributed by atoms with Crippen LogP contribution in [-0.4, -0.2) is 68.0 Å². The summed E-state index contributed by atoms with van der Waals surface area (Å²) in [5, 5.41) is 0. The van der Waals surface area contributed by atoms with Gasteiger partial charge in [0.25, 0.3) is 0 Å². The lowest BCUT2D eigenvalue weighted by Gasteiger charge is -2.37. The zero-order valence-electron chi connectivity index (χ0n) is 14.6. The first-order valence-corrected chi connectivity index (χ1v) is 10.3. The standard InChI is InChI=1S/C16H28N4O2S/c1-13-12-16(18-14(2)17-13)20-9-6-15(7-10-20)19(3)8-5-11-23(4,21)22/h12,15H,5-11H2,1-4H3. The summed E-state index contributed by atoms with van der Waals surface area (Å²) < 4.78 is 22.4. The molecule has 1 aliphatic heterocycles. The molecule has 6 nitrogen and oxygen atoms in total. The Morgan fingerprint density at radius 1 is 1.26 bits per heavy atom. The van der Waals surface area contributed by atoms with Gasteiger partial charge in [0.1, 0.15) is 21.5 Å². The molecule has 23 heavy (non-hydrogen) atoms. The number of piperidine rings is 1. The first-order valence-electron chi connectivity index (χ1n) is 8.20. The fourth-order valence-corrected chi connectivity index (χ4v) is 3.81. The summed E-state index contributed by atoms with van der Waals surface area (Å²) in [6, 6.07) is 2.57. The van der Waals surface area contributed by atoms with Crippen LogP contribution in [0.3, 0.4) is 0 Å². The summed E-state index contributed by atoms with van der Waals surface area (Å²) in [7, 11) is -0.754. The normalized spacial score (nSPS) is 17.0. The molecule has 0 aromatic carbocycles. The molecule has 7 heteroatoms. The Morgan fingerprint density at radius 2 is 1.91 bits per heavy atom. The first kappa shape index (κ1) is 18.1.